The molecule has 10 heteroatoms. The lowest BCUT2D eigenvalue weighted by Crippen LogP contribution is -2.28. The molecular weight excluding hydrogens is 1010 g/mol. The van der Waals surface area contributed by atoms with Crippen LogP contribution < -0.4 is 26.7 Å². The van der Waals surface area contributed by atoms with Gasteiger partial charge in [0.25, 0.3) is 0 Å². The minimum absolute atomic E-state index is 0.495. The minimum Gasteiger partial charge on any atom is -0.354 e. The third kappa shape index (κ3) is 10.6. The van der Waals surface area contributed by atoms with Gasteiger partial charge in [-0.1, -0.05) is 79.7 Å². The van der Waals surface area contributed by atoms with Gasteiger partial charge in [0, 0.05) is 75.6 Å². The predicted molar refractivity (Wildman–Crippen MR) is 300 cm³/mol. The third-order valence-electron chi connectivity index (χ3n) is 12.0. The maximum Gasteiger partial charge on any atom is 0.362 e. The summed E-state index contributed by atoms with van der Waals surface area (Å²) in [4.78, 5) is 15.7. The Balaban J connectivity index is 1.36. The van der Waals surface area contributed by atoms with Crippen LogP contribution in [0.15, 0.2) is 133 Å². The SMILES string of the molecule is Cc1cc(C)c(C2=c3ccc([nH]3)=C(c3ccc(I)cc3)c3ccc([nH]3)C(c3ccc(P(=O)(OC(C)(C)C)OC(C)(C)C)cc3)=c3ccc([nH]3)=C(c3ccc(C#C[Si](C)(C)C)cc3)c3ccc2[nH]3)c(C)c1. The van der Waals surface area contributed by atoms with Crippen LogP contribution in [-0.4, -0.2) is 39.2 Å². The maximum atomic E-state index is 14.7. The highest BCUT2D eigenvalue weighted by Gasteiger charge is 2.37. The Labute approximate surface area is 427 Å². The van der Waals surface area contributed by atoms with Crippen molar-refractivity contribution in [3.8, 4) is 11.5 Å². The van der Waals surface area contributed by atoms with E-state index >= 15 is 0 Å². The second-order valence-electron chi connectivity index (χ2n) is 21.5. The molecule has 0 fully saturated rings. The Morgan fingerprint density at radius 1 is 0.500 bits per heavy atom. The summed E-state index contributed by atoms with van der Waals surface area (Å²) in [5.74, 6) is 3.45. The van der Waals surface area contributed by atoms with Crippen LogP contribution in [0, 0.1) is 35.8 Å². The normalized spacial score (nSPS) is 13.4. The number of benzene rings is 4. The van der Waals surface area contributed by atoms with Gasteiger partial charge in [0.1, 0.15) is 8.07 Å². The van der Waals surface area contributed by atoms with Gasteiger partial charge in [-0.3, -0.25) is 13.6 Å². The van der Waals surface area contributed by atoms with Crippen LogP contribution in [-0.2, 0) is 13.6 Å². The van der Waals surface area contributed by atoms with Crippen molar-refractivity contribution < 1.29 is 13.6 Å². The van der Waals surface area contributed by atoms with Gasteiger partial charge in [0.05, 0.1) is 16.5 Å². The maximum absolute atomic E-state index is 14.7. The number of hydrogen-bond donors (Lipinski definition) is 4. The molecule has 0 unspecified atom stereocenters. The first-order valence-electron chi connectivity index (χ1n) is 23.9. The lowest BCUT2D eigenvalue weighted by Gasteiger charge is -2.32. The molecule has 4 aromatic heterocycles. The van der Waals surface area contributed by atoms with Crippen LogP contribution in [0.1, 0.15) is 109 Å². The molecule has 9 rings (SSSR count). The molecule has 7 nitrogen and oxygen atoms in total. The molecule has 356 valence electrons. The fourth-order valence-corrected chi connectivity index (χ4v) is 12.4. The van der Waals surface area contributed by atoms with Crippen LogP contribution in [0.25, 0.3) is 22.3 Å². The number of aromatic nitrogens is 4. The number of fused-ring (bicyclic) bond motifs is 8. The van der Waals surface area contributed by atoms with E-state index in [2.05, 4.69) is 204 Å². The quantitative estimate of drug-likeness (QED) is 0.0554. The second-order valence-corrected chi connectivity index (χ2v) is 29.3. The Hall–Kier alpha value is -5.86. The first-order chi connectivity index (χ1) is 33.0. The number of hydrogen-bond acceptors (Lipinski definition) is 3. The van der Waals surface area contributed by atoms with Crippen molar-refractivity contribution in [1.82, 2.24) is 19.9 Å². The van der Waals surface area contributed by atoms with Crippen LogP contribution in [0.5, 0.6) is 0 Å². The summed E-state index contributed by atoms with van der Waals surface area (Å²) < 4.78 is 28.4. The highest BCUT2D eigenvalue weighted by molar-refractivity contribution is 14.1. The number of H-pyrrole nitrogens is 4. The fraction of sp³-hybridized carbons (Fsp3) is 0.233. The Kier molecular flexibility index (Phi) is 13.1. The van der Waals surface area contributed by atoms with Gasteiger partial charge in [-0.25, -0.2) is 0 Å². The fourth-order valence-electron chi connectivity index (χ4n) is 9.36. The van der Waals surface area contributed by atoms with Crippen molar-refractivity contribution in [2.45, 2.75) is 93.2 Å². The second kappa shape index (κ2) is 18.7. The van der Waals surface area contributed by atoms with E-state index in [4.69, 9.17) is 9.05 Å². The molecule has 0 saturated heterocycles. The summed E-state index contributed by atoms with van der Waals surface area (Å²) in [5.41, 5.74) is 18.9. The van der Waals surface area contributed by atoms with Gasteiger partial charge in [0.15, 0.2) is 0 Å². The first kappa shape index (κ1) is 49.1. The number of aryl methyl sites for hydroxylation is 3. The summed E-state index contributed by atoms with van der Waals surface area (Å²) in [7, 11) is -5.33. The molecule has 1 aliphatic heterocycles. The van der Waals surface area contributed by atoms with Crippen LogP contribution in [0.2, 0.25) is 19.6 Å². The van der Waals surface area contributed by atoms with E-state index in [-0.39, 0.29) is 0 Å². The van der Waals surface area contributed by atoms with Crippen LogP contribution in [0.3, 0.4) is 0 Å². The van der Waals surface area contributed by atoms with E-state index < -0.39 is 26.9 Å². The van der Waals surface area contributed by atoms with Crippen molar-refractivity contribution >= 4 is 65.9 Å². The summed E-state index contributed by atoms with van der Waals surface area (Å²) in [5, 5.41) is 4.33. The van der Waals surface area contributed by atoms with Crippen molar-refractivity contribution in [3.05, 3.63) is 226 Å². The standard InChI is InChI=1S/C60H62IN4O3PSi/c1-37-35-38(2)54(39(3)36-37)58-52-31-29-50(64-52)55(41-15-13-40(14-16-41)33-34-70(10,11)12)46-25-27-48(62-46)57(43-19-23-45(24-20-43)69(66,67-59(4,5)6)68-60(7,8)9)49-28-26-47(63-49)56(51-30-32-53(58)65-51)42-17-21-44(61)22-18-42/h13-32,35-36,62-65H,1-12H3. The van der Waals surface area contributed by atoms with E-state index in [0.29, 0.717) is 5.30 Å². The predicted octanol–water partition coefficient (Wildman–Crippen LogP) is 11.5. The molecule has 70 heavy (non-hydrogen) atoms. The molecule has 0 radical (unpaired) electrons. The summed E-state index contributed by atoms with van der Waals surface area (Å²) >= 11 is 2.37. The van der Waals surface area contributed by atoms with Crippen molar-refractivity contribution in [2.24, 2.45) is 0 Å². The molecule has 0 atom stereocenters. The monoisotopic (exact) mass is 1070 g/mol. The van der Waals surface area contributed by atoms with Crippen LogP contribution in [0.4, 0.5) is 0 Å². The van der Waals surface area contributed by atoms with Gasteiger partial charge < -0.3 is 19.9 Å². The van der Waals surface area contributed by atoms with Gasteiger partial charge in [-0.2, -0.15) is 0 Å². The highest BCUT2D eigenvalue weighted by Crippen LogP contribution is 2.53. The van der Waals surface area contributed by atoms with Gasteiger partial charge in [0.2, 0.25) is 0 Å². The van der Waals surface area contributed by atoms with Crippen molar-refractivity contribution in [2.75, 3.05) is 0 Å². The zero-order chi connectivity index (χ0) is 49.9. The average Bonchev–Trinajstić information content (AvgIpc) is 4.12. The lowest BCUT2D eigenvalue weighted by atomic mass is 9.92. The van der Waals surface area contributed by atoms with Gasteiger partial charge in [-0.05, 0) is 203 Å². The Bertz CT molecular complexity index is 3630. The molecule has 0 aliphatic carbocycles. The molecule has 0 spiro atoms. The van der Waals surface area contributed by atoms with Crippen molar-refractivity contribution in [1.29, 1.82) is 0 Å². The average molecular weight is 1070 g/mol. The lowest BCUT2D eigenvalue weighted by molar-refractivity contribution is 0.0548. The smallest absolute Gasteiger partial charge is 0.354 e. The number of nitrogens with one attached hydrogen (secondary N) is 4. The molecule has 5 heterocycles. The van der Waals surface area contributed by atoms with E-state index in [0.717, 1.165) is 92.3 Å². The molecular formula is C60H62IN4O3PSi. The molecule has 0 amide bonds. The highest BCUT2D eigenvalue weighted by atomic mass is 127. The zero-order valence-electron chi connectivity index (χ0n) is 42.3. The van der Waals surface area contributed by atoms with E-state index in [9.17, 15) is 4.57 Å². The van der Waals surface area contributed by atoms with Crippen molar-refractivity contribution in [3.63, 3.8) is 0 Å². The van der Waals surface area contributed by atoms with E-state index in [1.165, 1.54) is 22.3 Å². The molecule has 4 N–H and O–H groups in total. The molecule has 4 aromatic carbocycles. The van der Waals surface area contributed by atoms with E-state index in [1.54, 1.807) is 0 Å². The first-order valence-corrected chi connectivity index (χ1v) is 30.0. The Morgan fingerprint density at radius 3 is 1.27 bits per heavy atom. The summed E-state index contributed by atoms with van der Waals surface area (Å²) in [6.07, 6.45) is 0. The zero-order valence-corrected chi connectivity index (χ0v) is 46.3. The molecule has 8 bridgehead atoms. The summed E-state index contributed by atoms with van der Waals surface area (Å²) in [6.45, 7) is 24.8. The van der Waals surface area contributed by atoms with Crippen LogP contribution >= 0.6 is 30.2 Å². The Morgan fingerprint density at radius 2 is 0.871 bits per heavy atom. The number of aromatic amines is 4. The molecule has 0 saturated carbocycles. The third-order valence-corrected chi connectivity index (χ3v) is 16.1. The molecule has 8 aromatic rings. The topological polar surface area (TPSA) is 98.7 Å². The van der Waals surface area contributed by atoms with Gasteiger partial charge in [-0.15, -0.1) is 5.54 Å². The number of rotatable bonds is 7. The molecule has 1 aliphatic rings. The number of halogens is 1. The largest absolute Gasteiger partial charge is 0.362 e. The summed E-state index contributed by atoms with van der Waals surface area (Å²) in [6, 6.07) is 47.1. The minimum atomic E-state index is -3.75. The van der Waals surface area contributed by atoms with Gasteiger partial charge >= 0.3 is 7.60 Å². The van der Waals surface area contributed by atoms with E-state index in [1.807, 2.05) is 65.8 Å².